The number of benzene rings is 1. The number of nitrogens with zero attached hydrogens (tertiary/aromatic N) is 3. The number of aryl methyl sites for hydroxylation is 1. The number of ether oxygens (including phenoxy) is 1. The molecule has 112 valence electrons. The molecule has 0 atom stereocenters. The number of carboxylic acids is 1. The summed E-state index contributed by atoms with van der Waals surface area (Å²) < 4.78 is 7.16. The molecule has 0 amide bonds. The third-order valence-electron chi connectivity index (χ3n) is 3.34. The first kappa shape index (κ1) is 14.1. The van der Waals surface area contributed by atoms with E-state index in [1.54, 1.807) is 4.40 Å². The SMILES string of the molecule is CCOc1cccc(-c2cc(C)n3cnc(C(=O)O)c3n2)c1. The molecule has 3 aromatic rings. The van der Waals surface area contributed by atoms with Crippen molar-refractivity contribution in [3.05, 3.63) is 48.0 Å². The predicted octanol–water partition coefficient (Wildman–Crippen LogP) is 2.80. The molecule has 0 spiro atoms. The summed E-state index contributed by atoms with van der Waals surface area (Å²) in [4.78, 5) is 19.6. The smallest absolute Gasteiger partial charge is 0.358 e. The van der Waals surface area contributed by atoms with E-state index in [-0.39, 0.29) is 5.69 Å². The lowest BCUT2D eigenvalue weighted by Gasteiger charge is -2.08. The van der Waals surface area contributed by atoms with Crippen molar-refractivity contribution < 1.29 is 14.6 Å². The van der Waals surface area contributed by atoms with Gasteiger partial charge in [-0.1, -0.05) is 12.1 Å². The van der Waals surface area contributed by atoms with Crippen molar-refractivity contribution in [2.24, 2.45) is 0 Å². The highest BCUT2D eigenvalue weighted by Crippen LogP contribution is 2.24. The Kier molecular flexibility index (Phi) is 3.50. The zero-order chi connectivity index (χ0) is 15.7. The standard InChI is InChI=1S/C16H15N3O3/c1-3-22-12-6-4-5-11(8-12)13-7-10(2)19-9-17-14(16(20)21)15(19)18-13/h4-9H,3H2,1-2H3,(H,20,21). The van der Waals surface area contributed by atoms with Crippen molar-refractivity contribution in [2.75, 3.05) is 6.61 Å². The fourth-order valence-corrected chi connectivity index (χ4v) is 2.33. The number of carboxylic acid groups (broad SMARTS) is 1. The van der Waals surface area contributed by atoms with Crippen LogP contribution in [0, 0.1) is 6.92 Å². The van der Waals surface area contributed by atoms with Crippen LogP contribution in [0.2, 0.25) is 0 Å². The third kappa shape index (κ3) is 2.39. The Bertz CT molecular complexity index is 855. The van der Waals surface area contributed by atoms with Gasteiger partial charge in [-0.15, -0.1) is 0 Å². The molecule has 2 heterocycles. The molecule has 0 saturated heterocycles. The number of aromatic nitrogens is 3. The summed E-state index contributed by atoms with van der Waals surface area (Å²) in [6, 6.07) is 9.46. The highest BCUT2D eigenvalue weighted by atomic mass is 16.5. The highest BCUT2D eigenvalue weighted by molar-refractivity contribution is 5.92. The van der Waals surface area contributed by atoms with Gasteiger partial charge in [0.1, 0.15) is 12.1 Å². The van der Waals surface area contributed by atoms with E-state index in [0.717, 1.165) is 17.0 Å². The first-order chi connectivity index (χ1) is 10.6. The number of fused-ring (bicyclic) bond motifs is 1. The van der Waals surface area contributed by atoms with Gasteiger partial charge in [-0.2, -0.15) is 0 Å². The first-order valence-corrected chi connectivity index (χ1v) is 6.91. The lowest BCUT2D eigenvalue weighted by Crippen LogP contribution is -2.01. The Morgan fingerprint density at radius 3 is 2.91 bits per heavy atom. The topological polar surface area (TPSA) is 76.7 Å². The van der Waals surface area contributed by atoms with Gasteiger partial charge >= 0.3 is 5.97 Å². The minimum atomic E-state index is -1.09. The fraction of sp³-hybridized carbons (Fsp3) is 0.188. The van der Waals surface area contributed by atoms with Crippen LogP contribution in [0.5, 0.6) is 5.75 Å². The van der Waals surface area contributed by atoms with E-state index in [4.69, 9.17) is 4.74 Å². The number of aromatic carboxylic acids is 1. The quantitative estimate of drug-likeness (QED) is 0.801. The summed E-state index contributed by atoms with van der Waals surface area (Å²) in [6.07, 6.45) is 1.47. The summed E-state index contributed by atoms with van der Waals surface area (Å²) in [5.41, 5.74) is 2.71. The third-order valence-corrected chi connectivity index (χ3v) is 3.34. The number of rotatable bonds is 4. The van der Waals surface area contributed by atoms with Crippen LogP contribution in [0.3, 0.4) is 0 Å². The van der Waals surface area contributed by atoms with Gasteiger partial charge in [0, 0.05) is 11.3 Å². The molecule has 0 aliphatic heterocycles. The molecule has 6 nitrogen and oxygen atoms in total. The average Bonchev–Trinajstić information content (AvgIpc) is 2.92. The summed E-state index contributed by atoms with van der Waals surface area (Å²) in [7, 11) is 0. The summed E-state index contributed by atoms with van der Waals surface area (Å²) in [5, 5.41) is 9.20. The molecule has 2 aromatic heterocycles. The van der Waals surface area contributed by atoms with E-state index >= 15 is 0 Å². The van der Waals surface area contributed by atoms with E-state index in [1.807, 2.05) is 44.2 Å². The molecular formula is C16H15N3O3. The molecule has 3 rings (SSSR count). The maximum atomic E-state index is 11.2. The van der Waals surface area contributed by atoms with Crippen LogP contribution in [0.1, 0.15) is 23.1 Å². The molecule has 0 unspecified atom stereocenters. The monoisotopic (exact) mass is 297 g/mol. The van der Waals surface area contributed by atoms with E-state index in [1.165, 1.54) is 6.33 Å². The van der Waals surface area contributed by atoms with Crippen LogP contribution in [0.15, 0.2) is 36.7 Å². The van der Waals surface area contributed by atoms with Gasteiger partial charge in [-0.3, -0.25) is 4.40 Å². The van der Waals surface area contributed by atoms with Crippen molar-refractivity contribution in [3.8, 4) is 17.0 Å². The van der Waals surface area contributed by atoms with Crippen molar-refractivity contribution in [2.45, 2.75) is 13.8 Å². The second-order valence-electron chi connectivity index (χ2n) is 4.84. The van der Waals surface area contributed by atoms with E-state index in [9.17, 15) is 9.90 Å². The van der Waals surface area contributed by atoms with Gasteiger partial charge in [0.2, 0.25) is 0 Å². The number of hydrogen-bond donors (Lipinski definition) is 1. The molecule has 6 heteroatoms. The Morgan fingerprint density at radius 2 is 2.18 bits per heavy atom. The minimum absolute atomic E-state index is 0.0501. The Labute approximate surface area is 127 Å². The minimum Gasteiger partial charge on any atom is -0.494 e. The maximum absolute atomic E-state index is 11.2. The highest BCUT2D eigenvalue weighted by Gasteiger charge is 2.16. The molecule has 0 aliphatic carbocycles. The second kappa shape index (κ2) is 5.48. The second-order valence-corrected chi connectivity index (χ2v) is 4.84. The van der Waals surface area contributed by atoms with Gasteiger partial charge in [-0.25, -0.2) is 14.8 Å². The number of carbonyl (C=O) groups is 1. The van der Waals surface area contributed by atoms with Gasteiger partial charge in [-0.05, 0) is 32.0 Å². The lowest BCUT2D eigenvalue weighted by atomic mass is 10.1. The molecule has 1 N–H and O–H groups in total. The molecule has 0 saturated carbocycles. The van der Waals surface area contributed by atoms with Crippen LogP contribution in [-0.4, -0.2) is 32.1 Å². The number of imidazole rings is 1. The van der Waals surface area contributed by atoms with Crippen LogP contribution in [-0.2, 0) is 0 Å². The molecule has 22 heavy (non-hydrogen) atoms. The molecule has 0 bridgehead atoms. The van der Waals surface area contributed by atoms with Crippen molar-refractivity contribution in [1.82, 2.24) is 14.4 Å². The summed E-state index contributed by atoms with van der Waals surface area (Å²) in [5.74, 6) is -0.332. The lowest BCUT2D eigenvalue weighted by molar-refractivity contribution is 0.0693. The number of hydrogen-bond acceptors (Lipinski definition) is 4. The van der Waals surface area contributed by atoms with Crippen molar-refractivity contribution in [1.29, 1.82) is 0 Å². The summed E-state index contributed by atoms with van der Waals surface area (Å²) in [6.45, 7) is 4.39. The largest absolute Gasteiger partial charge is 0.494 e. The predicted molar refractivity (Wildman–Crippen MR) is 81.3 cm³/mol. The zero-order valence-corrected chi connectivity index (χ0v) is 12.3. The maximum Gasteiger partial charge on any atom is 0.358 e. The molecular weight excluding hydrogens is 282 g/mol. The molecule has 1 aromatic carbocycles. The van der Waals surface area contributed by atoms with E-state index in [2.05, 4.69) is 9.97 Å². The molecule has 0 aliphatic rings. The van der Waals surface area contributed by atoms with Crippen LogP contribution < -0.4 is 4.74 Å². The van der Waals surface area contributed by atoms with Crippen molar-refractivity contribution >= 4 is 11.6 Å². The van der Waals surface area contributed by atoms with Crippen LogP contribution in [0.25, 0.3) is 16.9 Å². The Balaban J connectivity index is 2.17. The average molecular weight is 297 g/mol. The first-order valence-electron chi connectivity index (χ1n) is 6.91. The van der Waals surface area contributed by atoms with Gasteiger partial charge < -0.3 is 9.84 Å². The normalized spacial score (nSPS) is 10.8. The summed E-state index contributed by atoms with van der Waals surface area (Å²) >= 11 is 0. The molecule has 0 fully saturated rings. The van der Waals surface area contributed by atoms with Gasteiger partial charge in [0.25, 0.3) is 0 Å². The van der Waals surface area contributed by atoms with Gasteiger partial charge in [0.05, 0.1) is 12.3 Å². The van der Waals surface area contributed by atoms with Crippen molar-refractivity contribution in [3.63, 3.8) is 0 Å². The Morgan fingerprint density at radius 1 is 1.36 bits per heavy atom. The zero-order valence-electron chi connectivity index (χ0n) is 12.3. The van der Waals surface area contributed by atoms with Gasteiger partial charge in [0.15, 0.2) is 11.3 Å². The molecule has 0 radical (unpaired) electrons. The van der Waals surface area contributed by atoms with Crippen LogP contribution >= 0.6 is 0 Å². The Hall–Kier alpha value is -2.89. The van der Waals surface area contributed by atoms with Crippen LogP contribution in [0.4, 0.5) is 0 Å². The van der Waals surface area contributed by atoms with E-state index < -0.39 is 5.97 Å². The fourth-order valence-electron chi connectivity index (χ4n) is 2.33. The van der Waals surface area contributed by atoms with E-state index in [0.29, 0.717) is 17.9 Å².